The quantitative estimate of drug-likeness (QED) is 0.671. The zero-order valence-electron chi connectivity index (χ0n) is 13.5. The third kappa shape index (κ3) is 5.01. The van der Waals surface area contributed by atoms with Crippen LogP contribution in [-0.2, 0) is 6.42 Å². The van der Waals surface area contributed by atoms with Crippen molar-refractivity contribution in [3.63, 3.8) is 0 Å². The van der Waals surface area contributed by atoms with Crippen molar-refractivity contribution in [2.75, 3.05) is 14.2 Å². The summed E-state index contributed by atoms with van der Waals surface area (Å²) in [7, 11) is 3.34. The van der Waals surface area contributed by atoms with E-state index >= 15 is 0 Å². The summed E-state index contributed by atoms with van der Waals surface area (Å²) in [4.78, 5) is 0.481. The predicted octanol–water partition coefficient (Wildman–Crippen LogP) is 5.08. The van der Waals surface area contributed by atoms with Gasteiger partial charge >= 0.3 is 0 Å². The summed E-state index contributed by atoms with van der Waals surface area (Å²) in [6, 6.07) is 6.15. The average Bonchev–Trinajstić information content (AvgIpc) is 2.37. The first-order valence-corrected chi connectivity index (χ1v) is 8.04. The highest BCUT2D eigenvalue weighted by Crippen LogP contribution is 2.33. The molecule has 2 nitrogen and oxygen atoms in total. The summed E-state index contributed by atoms with van der Waals surface area (Å²) in [5, 5.41) is 0. The fourth-order valence-electron chi connectivity index (χ4n) is 2.08. The van der Waals surface area contributed by atoms with Gasteiger partial charge in [-0.3, -0.25) is 0 Å². The smallest absolute Gasteiger partial charge is 0.160 e. The van der Waals surface area contributed by atoms with Gasteiger partial charge in [0.25, 0.3) is 0 Å². The molecule has 0 radical (unpaired) electrons. The number of hydrogen-bond acceptors (Lipinski definition) is 2. The Morgan fingerprint density at radius 3 is 2.20 bits per heavy atom. The second-order valence-corrected chi connectivity index (χ2v) is 7.79. The molecule has 0 fully saturated rings. The van der Waals surface area contributed by atoms with E-state index in [0.717, 1.165) is 24.3 Å². The molecule has 0 bridgehead atoms. The molecule has 0 N–H and O–H groups in total. The predicted molar refractivity (Wildman–Crippen MR) is 89.2 cm³/mol. The SMILES string of the molecule is COc1ccc(CC(Br)CC(C)C(C)(C)C)cc1OC. The molecule has 0 heterocycles. The molecule has 1 aromatic carbocycles. The molecule has 0 aliphatic heterocycles. The number of rotatable bonds is 6. The van der Waals surface area contributed by atoms with E-state index in [-0.39, 0.29) is 0 Å². The molecule has 0 aromatic heterocycles. The van der Waals surface area contributed by atoms with Crippen LogP contribution in [-0.4, -0.2) is 19.0 Å². The van der Waals surface area contributed by atoms with Crippen molar-refractivity contribution in [1.82, 2.24) is 0 Å². The Balaban J connectivity index is 2.69. The molecule has 0 saturated heterocycles. The zero-order valence-corrected chi connectivity index (χ0v) is 15.1. The summed E-state index contributed by atoms with van der Waals surface area (Å²) in [6.07, 6.45) is 2.17. The molecule has 1 rings (SSSR count). The van der Waals surface area contributed by atoms with Crippen molar-refractivity contribution in [2.45, 2.75) is 45.4 Å². The summed E-state index contributed by atoms with van der Waals surface area (Å²) >= 11 is 3.82. The van der Waals surface area contributed by atoms with Crippen molar-refractivity contribution in [3.05, 3.63) is 23.8 Å². The largest absolute Gasteiger partial charge is 0.493 e. The van der Waals surface area contributed by atoms with E-state index in [1.165, 1.54) is 5.56 Å². The Bertz CT molecular complexity index is 423. The molecule has 20 heavy (non-hydrogen) atoms. The van der Waals surface area contributed by atoms with E-state index in [1.807, 2.05) is 6.07 Å². The first-order valence-electron chi connectivity index (χ1n) is 7.13. The minimum atomic E-state index is 0.351. The molecular weight excluding hydrogens is 316 g/mol. The van der Waals surface area contributed by atoms with Crippen LogP contribution >= 0.6 is 15.9 Å². The molecule has 3 heteroatoms. The van der Waals surface area contributed by atoms with Gasteiger partial charge in [-0.2, -0.15) is 0 Å². The van der Waals surface area contributed by atoms with Gasteiger partial charge in [0.1, 0.15) is 0 Å². The summed E-state index contributed by atoms with van der Waals surface area (Å²) in [5.74, 6) is 2.26. The van der Waals surface area contributed by atoms with Crippen molar-refractivity contribution >= 4 is 15.9 Å². The molecule has 2 unspecified atom stereocenters. The van der Waals surface area contributed by atoms with Crippen molar-refractivity contribution in [2.24, 2.45) is 11.3 Å². The van der Waals surface area contributed by atoms with E-state index in [0.29, 0.717) is 16.2 Å². The fourth-order valence-corrected chi connectivity index (χ4v) is 3.02. The van der Waals surface area contributed by atoms with Crippen LogP contribution < -0.4 is 9.47 Å². The van der Waals surface area contributed by atoms with Gasteiger partial charge in [0.15, 0.2) is 11.5 Å². The molecular formula is C17H27BrO2. The third-order valence-electron chi connectivity index (χ3n) is 3.99. The van der Waals surface area contributed by atoms with Crippen LogP contribution in [0, 0.1) is 11.3 Å². The monoisotopic (exact) mass is 342 g/mol. The van der Waals surface area contributed by atoms with Crippen molar-refractivity contribution < 1.29 is 9.47 Å². The number of alkyl halides is 1. The van der Waals surface area contributed by atoms with Gasteiger partial charge in [0, 0.05) is 4.83 Å². The molecule has 0 spiro atoms. The maximum atomic E-state index is 5.35. The third-order valence-corrected chi connectivity index (χ3v) is 4.69. The Labute approximate surface area is 132 Å². The van der Waals surface area contributed by atoms with Crippen LogP contribution in [0.4, 0.5) is 0 Å². The van der Waals surface area contributed by atoms with E-state index < -0.39 is 0 Å². The lowest BCUT2D eigenvalue weighted by Gasteiger charge is -2.29. The highest BCUT2D eigenvalue weighted by Gasteiger charge is 2.22. The molecule has 114 valence electrons. The number of benzene rings is 1. The van der Waals surface area contributed by atoms with Gasteiger partial charge in [-0.25, -0.2) is 0 Å². The zero-order chi connectivity index (χ0) is 15.3. The highest BCUT2D eigenvalue weighted by atomic mass is 79.9. The topological polar surface area (TPSA) is 18.5 Å². The normalized spacial score (nSPS) is 14.8. The number of hydrogen-bond donors (Lipinski definition) is 0. The Morgan fingerprint density at radius 2 is 1.70 bits per heavy atom. The van der Waals surface area contributed by atoms with Gasteiger partial charge in [0.2, 0.25) is 0 Å². The van der Waals surface area contributed by atoms with Gasteiger partial charge in [-0.15, -0.1) is 0 Å². The van der Waals surface area contributed by atoms with Crippen LogP contribution in [0.2, 0.25) is 0 Å². The summed E-state index contributed by atoms with van der Waals surface area (Å²) in [6.45, 7) is 9.22. The van der Waals surface area contributed by atoms with Crippen molar-refractivity contribution in [1.29, 1.82) is 0 Å². The van der Waals surface area contributed by atoms with E-state index in [2.05, 4.69) is 55.8 Å². The molecule has 0 aliphatic carbocycles. The average molecular weight is 343 g/mol. The lowest BCUT2D eigenvalue weighted by atomic mass is 9.79. The molecule has 2 atom stereocenters. The van der Waals surface area contributed by atoms with Gasteiger partial charge in [-0.05, 0) is 41.9 Å². The summed E-state index contributed by atoms with van der Waals surface area (Å²) < 4.78 is 10.6. The Kier molecular flexibility index (Phi) is 6.38. The Morgan fingerprint density at radius 1 is 1.10 bits per heavy atom. The van der Waals surface area contributed by atoms with Crippen LogP contribution in [0.5, 0.6) is 11.5 Å². The highest BCUT2D eigenvalue weighted by molar-refractivity contribution is 9.09. The Hall–Kier alpha value is -0.700. The maximum absolute atomic E-state index is 5.35. The number of halogens is 1. The number of methoxy groups -OCH3 is 2. The van der Waals surface area contributed by atoms with Crippen LogP contribution in [0.25, 0.3) is 0 Å². The lowest BCUT2D eigenvalue weighted by Crippen LogP contribution is -2.21. The fraction of sp³-hybridized carbons (Fsp3) is 0.647. The van der Waals surface area contributed by atoms with Gasteiger partial charge < -0.3 is 9.47 Å². The number of ether oxygens (including phenoxy) is 2. The minimum Gasteiger partial charge on any atom is -0.493 e. The van der Waals surface area contributed by atoms with Crippen LogP contribution in [0.3, 0.4) is 0 Å². The lowest BCUT2D eigenvalue weighted by molar-refractivity contribution is 0.246. The first-order chi connectivity index (χ1) is 9.27. The van der Waals surface area contributed by atoms with E-state index in [9.17, 15) is 0 Å². The minimum absolute atomic E-state index is 0.351. The van der Waals surface area contributed by atoms with E-state index in [4.69, 9.17) is 9.47 Å². The van der Waals surface area contributed by atoms with Crippen molar-refractivity contribution in [3.8, 4) is 11.5 Å². The molecule has 1 aromatic rings. The second-order valence-electron chi connectivity index (χ2n) is 6.49. The van der Waals surface area contributed by atoms with Crippen LogP contribution in [0.15, 0.2) is 18.2 Å². The second kappa shape index (κ2) is 7.35. The molecule has 0 amide bonds. The van der Waals surface area contributed by atoms with Gasteiger partial charge in [0.05, 0.1) is 14.2 Å². The molecule has 0 saturated carbocycles. The van der Waals surface area contributed by atoms with E-state index in [1.54, 1.807) is 14.2 Å². The van der Waals surface area contributed by atoms with Crippen LogP contribution in [0.1, 0.15) is 39.7 Å². The first kappa shape index (κ1) is 17.4. The van der Waals surface area contributed by atoms with Gasteiger partial charge in [-0.1, -0.05) is 49.7 Å². The molecule has 0 aliphatic rings. The standard InChI is InChI=1S/C17H27BrO2/c1-12(17(2,3)4)9-14(18)10-13-7-8-15(19-5)16(11-13)20-6/h7-8,11-12,14H,9-10H2,1-6H3. The summed E-state index contributed by atoms with van der Waals surface area (Å²) in [5.41, 5.74) is 1.62. The maximum Gasteiger partial charge on any atom is 0.160 e.